The van der Waals surface area contributed by atoms with Crippen molar-refractivity contribution in [2.24, 2.45) is 0 Å². The Kier molecular flexibility index (Phi) is 5.83. The van der Waals surface area contributed by atoms with Crippen molar-refractivity contribution in [3.63, 3.8) is 0 Å². The molecule has 0 fully saturated rings. The van der Waals surface area contributed by atoms with Crippen molar-refractivity contribution in [3.8, 4) is 0 Å². The average molecular weight is 243 g/mol. The minimum Gasteiger partial charge on any atom is -0.395 e. The maximum absolute atomic E-state index is 8.69. The van der Waals surface area contributed by atoms with Gasteiger partial charge in [-0.1, -0.05) is 22.6 Å². The smallest absolute Gasteiger partial charge is 0.0584 e. The highest BCUT2D eigenvalue weighted by Gasteiger charge is 2.04. The molecule has 0 aromatic rings. The first-order valence-corrected chi connectivity index (χ1v) is 4.62. The lowest BCUT2D eigenvalue weighted by molar-refractivity contribution is 0.166. The zero-order chi connectivity index (χ0) is 7.28. The van der Waals surface area contributed by atoms with E-state index in [0.29, 0.717) is 6.04 Å². The Balaban J connectivity index is 3.32. The fourth-order valence-electron chi connectivity index (χ4n) is 0.493. The van der Waals surface area contributed by atoms with Crippen LogP contribution in [-0.4, -0.2) is 40.7 Å². The van der Waals surface area contributed by atoms with Gasteiger partial charge in [0.25, 0.3) is 0 Å². The molecule has 0 amide bonds. The van der Waals surface area contributed by atoms with Gasteiger partial charge in [-0.05, 0) is 14.0 Å². The predicted molar refractivity (Wildman–Crippen MR) is 48.1 cm³/mol. The third kappa shape index (κ3) is 4.11. The van der Waals surface area contributed by atoms with Crippen LogP contribution in [0.4, 0.5) is 0 Å². The van der Waals surface area contributed by atoms with E-state index in [0.717, 1.165) is 11.0 Å². The number of aliphatic hydroxyl groups excluding tert-OH is 1. The fourth-order valence-corrected chi connectivity index (χ4v) is 1.25. The molecule has 0 bridgehead atoms. The second-order valence-corrected chi connectivity index (χ2v) is 3.28. The van der Waals surface area contributed by atoms with E-state index in [-0.39, 0.29) is 6.61 Å². The summed E-state index contributed by atoms with van der Waals surface area (Å²) < 4.78 is 1.12. The van der Waals surface area contributed by atoms with Crippen LogP contribution in [0.2, 0.25) is 0 Å². The average Bonchev–Trinajstić information content (AvgIpc) is 1.87. The van der Waals surface area contributed by atoms with Crippen LogP contribution in [0.3, 0.4) is 0 Å². The van der Waals surface area contributed by atoms with E-state index >= 15 is 0 Å². The molecule has 0 rings (SSSR count). The number of rotatable bonds is 4. The molecule has 2 nitrogen and oxygen atoms in total. The molecule has 0 saturated heterocycles. The Morgan fingerprint density at radius 1 is 1.67 bits per heavy atom. The molecule has 0 heterocycles. The molecule has 0 aliphatic heterocycles. The number of hydrogen-bond acceptors (Lipinski definition) is 2. The van der Waals surface area contributed by atoms with Crippen LogP contribution < -0.4 is 0 Å². The van der Waals surface area contributed by atoms with Crippen molar-refractivity contribution in [2.45, 2.75) is 13.0 Å². The van der Waals surface area contributed by atoms with Gasteiger partial charge in [0.1, 0.15) is 0 Å². The molecule has 1 unspecified atom stereocenters. The van der Waals surface area contributed by atoms with E-state index in [4.69, 9.17) is 5.11 Å². The summed E-state index contributed by atoms with van der Waals surface area (Å²) in [6, 6.07) is 0.305. The molecule has 0 radical (unpaired) electrons. The highest BCUT2D eigenvalue weighted by Crippen LogP contribution is 1.94. The standard InChI is InChI=1S/C6H14INO/c1-6(5-9)8(2)4-3-7/h6,9H,3-5H2,1-2H3. The summed E-state index contributed by atoms with van der Waals surface area (Å²) in [5.74, 6) is 0. The molecular formula is C6H14INO. The SMILES string of the molecule is CC(CO)N(C)CCI. The minimum atomic E-state index is 0.257. The van der Waals surface area contributed by atoms with Gasteiger partial charge in [0.15, 0.2) is 0 Å². The molecule has 56 valence electrons. The lowest BCUT2D eigenvalue weighted by atomic mass is 10.3. The van der Waals surface area contributed by atoms with Gasteiger partial charge in [-0.15, -0.1) is 0 Å². The summed E-state index contributed by atoms with van der Waals surface area (Å²) in [5.41, 5.74) is 0. The first-order valence-electron chi connectivity index (χ1n) is 3.09. The van der Waals surface area contributed by atoms with Crippen molar-refractivity contribution >= 4 is 22.6 Å². The molecule has 0 aliphatic rings. The number of aliphatic hydroxyl groups is 1. The summed E-state index contributed by atoms with van der Waals surface area (Å²) in [7, 11) is 2.03. The van der Waals surface area contributed by atoms with Crippen LogP contribution >= 0.6 is 22.6 Å². The third-order valence-electron chi connectivity index (χ3n) is 1.45. The van der Waals surface area contributed by atoms with Crippen molar-refractivity contribution in [1.29, 1.82) is 0 Å². The number of alkyl halides is 1. The first-order chi connectivity index (χ1) is 4.22. The summed E-state index contributed by atoms with van der Waals surface area (Å²) in [5, 5.41) is 8.69. The van der Waals surface area contributed by atoms with Crippen LogP contribution in [0, 0.1) is 0 Å². The van der Waals surface area contributed by atoms with Crippen LogP contribution in [0.1, 0.15) is 6.92 Å². The molecule has 0 spiro atoms. The Morgan fingerprint density at radius 2 is 2.22 bits per heavy atom. The first kappa shape index (κ1) is 9.65. The number of nitrogens with zero attached hydrogens (tertiary/aromatic N) is 1. The molecule has 0 aromatic carbocycles. The summed E-state index contributed by atoms with van der Waals surface area (Å²) in [6.45, 7) is 3.34. The Morgan fingerprint density at radius 3 is 2.56 bits per heavy atom. The molecule has 1 N–H and O–H groups in total. The number of halogens is 1. The topological polar surface area (TPSA) is 23.5 Å². The predicted octanol–water partition coefficient (Wildman–Crippen LogP) is 0.734. The van der Waals surface area contributed by atoms with Gasteiger partial charge >= 0.3 is 0 Å². The number of likely N-dealkylation sites (N-methyl/N-ethyl adjacent to an activating group) is 1. The largest absolute Gasteiger partial charge is 0.395 e. The van der Waals surface area contributed by atoms with Gasteiger partial charge in [-0.3, -0.25) is 0 Å². The monoisotopic (exact) mass is 243 g/mol. The molecular weight excluding hydrogens is 229 g/mol. The van der Waals surface area contributed by atoms with Crippen molar-refractivity contribution in [2.75, 3.05) is 24.6 Å². The molecule has 0 aliphatic carbocycles. The maximum atomic E-state index is 8.69. The highest BCUT2D eigenvalue weighted by molar-refractivity contribution is 14.1. The molecule has 1 atom stereocenters. The molecule has 3 heteroatoms. The van der Waals surface area contributed by atoms with Crippen molar-refractivity contribution < 1.29 is 5.11 Å². The lowest BCUT2D eigenvalue weighted by Crippen LogP contribution is -2.33. The van der Waals surface area contributed by atoms with E-state index in [2.05, 4.69) is 27.5 Å². The van der Waals surface area contributed by atoms with E-state index < -0.39 is 0 Å². The highest BCUT2D eigenvalue weighted by atomic mass is 127. The quantitative estimate of drug-likeness (QED) is 0.581. The zero-order valence-corrected chi connectivity index (χ0v) is 8.13. The second kappa shape index (κ2) is 5.44. The number of hydrogen-bond donors (Lipinski definition) is 1. The normalized spacial score (nSPS) is 14.3. The Bertz CT molecular complexity index is 70.1. The fraction of sp³-hybridized carbons (Fsp3) is 1.00. The lowest BCUT2D eigenvalue weighted by Gasteiger charge is -2.21. The van der Waals surface area contributed by atoms with E-state index in [1.807, 2.05) is 14.0 Å². The van der Waals surface area contributed by atoms with Crippen molar-refractivity contribution in [3.05, 3.63) is 0 Å². The van der Waals surface area contributed by atoms with Crippen LogP contribution in [-0.2, 0) is 0 Å². The van der Waals surface area contributed by atoms with Gasteiger partial charge in [-0.25, -0.2) is 0 Å². The van der Waals surface area contributed by atoms with Gasteiger partial charge in [0.05, 0.1) is 6.61 Å². The summed E-state index contributed by atoms with van der Waals surface area (Å²) in [4.78, 5) is 2.15. The Hall–Kier alpha value is 0.650. The van der Waals surface area contributed by atoms with Crippen molar-refractivity contribution in [1.82, 2.24) is 4.90 Å². The third-order valence-corrected chi connectivity index (χ3v) is 1.94. The molecule has 0 aromatic heterocycles. The Labute approximate surface area is 70.4 Å². The van der Waals surface area contributed by atoms with Crippen LogP contribution in [0.5, 0.6) is 0 Å². The zero-order valence-electron chi connectivity index (χ0n) is 5.97. The van der Waals surface area contributed by atoms with Gasteiger partial charge in [-0.2, -0.15) is 0 Å². The van der Waals surface area contributed by atoms with Crippen LogP contribution in [0.15, 0.2) is 0 Å². The molecule has 0 saturated carbocycles. The van der Waals surface area contributed by atoms with E-state index in [1.165, 1.54) is 0 Å². The van der Waals surface area contributed by atoms with Gasteiger partial charge in [0.2, 0.25) is 0 Å². The van der Waals surface area contributed by atoms with Crippen LogP contribution in [0.25, 0.3) is 0 Å². The van der Waals surface area contributed by atoms with E-state index in [9.17, 15) is 0 Å². The summed E-state index contributed by atoms with van der Waals surface area (Å²) in [6.07, 6.45) is 0. The minimum absolute atomic E-state index is 0.257. The van der Waals surface area contributed by atoms with Gasteiger partial charge < -0.3 is 10.0 Å². The van der Waals surface area contributed by atoms with E-state index in [1.54, 1.807) is 0 Å². The second-order valence-electron chi connectivity index (χ2n) is 2.20. The maximum Gasteiger partial charge on any atom is 0.0584 e. The molecule has 9 heavy (non-hydrogen) atoms. The van der Waals surface area contributed by atoms with Gasteiger partial charge in [0, 0.05) is 17.0 Å². The summed E-state index contributed by atoms with van der Waals surface area (Å²) >= 11 is 2.33.